The normalized spacial score (nSPS) is 10.8. The van der Waals surface area contributed by atoms with Gasteiger partial charge in [-0.1, -0.05) is 0 Å². The molecule has 0 aliphatic rings. The van der Waals surface area contributed by atoms with Gasteiger partial charge in [0, 0.05) is 39.6 Å². The molecule has 0 saturated heterocycles. The molecule has 2 aromatic heterocycles. The predicted octanol–water partition coefficient (Wildman–Crippen LogP) is -1.20. The number of nitrogens with zero attached hydrogens (tertiary/aromatic N) is 2. The molecule has 0 aliphatic heterocycles. The number of carbonyl (C=O) groups is 2. The smallest absolute Gasteiger partial charge is 0.293 e. The van der Waals surface area contributed by atoms with E-state index in [9.17, 15) is 34.5 Å². The summed E-state index contributed by atoms with van der Waals surface area (Å²) in [5.74, 6) is -2.60. The standard InChI is InChI=1S/C19H24N4O7/c1-22-9-5-12(14(25)18(22)29)16(27)20-7-3-11(24)4-8-21-17(28)13-6-10-23(2)19(30)15(13)26/h5-6,9-11,24-26H,3-4,7-8H2,1-2H3,(H,20,27)(H,21,28). The SMILES string of the molecule is Cn1ccc(C(=O)NCCC(O)CCNC(=O)c2ccn(C)c(=O)c2O)c(O)c1=O. The Morgan fingerprint density at radius 2 is 1.23 bits per heavy atom. The van der Waals surface area contributed by atoms with Crippen LogP contribution in [-0.2, 0) is 14.1 Å². The molecule has 0 saturated carbocycles. The van der Waals surface area contributed by atoms with E-state index in [-0.39, 0.29) is 37.1 Å². The third-order valence-corrected chi connectivity index (χ3v) is 4.50. The Balaban J connectivity index is 1.77. The summed E-state index contributed by atoms with van der Waals surface area (Å²) < 4.78 is 2.27. The summed E-state index contributed by atoms with van der Waals surface area (Å²) in [5.41, 5.74) is -1.70. The quantitative estimate of drug-likeness (QED) is 0.358. The van der Waals surface area contributed by atoms with Crippen LogP contribution >= 0.6 is 0 Å². The van der Waals surface area contributed by atoms with Crippen LogP contribution in [0.1, 0.15) is 33.6 Å². The van der Waals surface area contributed by atoms with Gasteiger partial charge >= 0.3 is 0 Å². The van der Waals surface area contributed by atoms with E-state index in [1.165, 1.54) is 38.6 Å². The summed E-state index contributed by atoms with van der Waals surface area (Å²) in [5, 5.41) is 34.5. The number of aromatic nitrogens is 2. The summed E-state index contributed by atoms with van der Waals surface area (Å²) in [4.78, 5) is 47.4. The molecule has 0 spiro atoms. The molecule has 0 aromatic carbocycles. The summed E-state index contributed by atoms with van der Waals surface area (Å²) in [7, 11) is 2.88. The topological polar surface area (TPSA) is 163 Å². The van der Waals surface area contributed by atoms with Gasteiger partial charge in [0.15, 0.2) is 11.5 Å². The van der Waals surface area contributed by atoms with E-state index in [1.807, 2.05) is 0 Å². The molecule has 2 heterocycles. The van der Waals surface area contributed by atoms with Crippen LogP contribution in [0, 0.1) is 0 Å². The molecule has 0 atom stereocenters. The van der Waals surface area contributed by atoms with Crippen LogP contribution in [0.25, 0.3) is 0 Å². The molecule has 0 bridgehead atoms. The zero-order valence-corrected chi connectivity index (χ0v) is 16.6. The van der Waals surface area contributed by atoms with E-state index < -0.39 is 40.5 Å². The Bertz CT molecular complexity index is 974. The van der Waals surface area contributed by atoms with Crippen molar-refractivity contribution in [2.45, 2.75) is 18.9 Å². The van der Waals surface area contributed by atoms with Crippen molar-refractivity contribution in [3.63, 3.8) is 0 Å². The van der Waals surface area contributed by atoms with Gasteiger partial charge in [-0.15, -0.1) is 0 Å². The van der Waals surface area contributed by atoms with Gasteiger partial charge in [-0.3, -0.25) is 19.2 Å². The van der Waals surface area contributed by atoms with Gasteiger partial charge in [0.05, 0.1) is 17.2 Å². The molecule has 11 nitrogen and oxygen atoms in total. The average Bonchev–Trinajstić information content (AvgIpc) is 2.70. The van der Waals surface area contributed by atoms with Crippen LogP contribution in [0.5, 0.6) is 11.5 Å². The fraction of sp³-hybridized carbons (Fsp3) is 0.368. The number of aromatic hydroxyl groups is 2. The lowest BCUT2D eigenvalue weighted by Crippen LogP contribution is -2.31. The molecule has 0 fully saturated rings. The maximum Gasteiger partial charge on any atom is 0.293 e. The van der Waals surface area contributed by atoms with Crippen molar-refractivity contribution in [2.75, 3.05) is 13.1 Å². The summed E-state index contributed by atoms with van der Waals surface area (Å²) in [6, 6.07) is 2.62. The van der Waals surface area contributed by atoms with Gasteiger partial charge in [0.1, 0.15) is 0 Å². The van der Waals surface area contributed by atoms with E-state index in [2.05, 4.69) is 10.6 Å². The second-order valence-electron chi connectivity index (χ2n) is 6.73. The van der Waals surface area contributed by atoms with Crippen molar-refractivity contribution < 1.29 is 24.9 Å². The molecule has 162 valence electrons. The number of pyridine rings is 2. The monoisotopic (exact) mass is 420 g/mol. The summed E-state index contributed by atoms with van der Waals surface area (Å²) >= 11 is 0. The van der Waals surface area contributed by atoms with Gasteiger partial charge in [-0.25, -0.2) is 0 Å². The Hall–Kier alpha value is -3.60. The zero-order valence-electron chi connectivity index (χ0n) is 16.6. The Labute approximate surface area is 171 Å². The first kappa shape index (κ1) is 22.7. The molecule has 0 aliphatic carbocycles. The van der Waals surface area contributed by atoms with Crippen molar-refractivity contribution in [3.05, 3.63) is 56.4 Å². The highest BCUT2D eigenvalue weighted by molar-refractivity contribution is 5.97. The Kier molecular flexibility index (Phi) is 7.37. The average molecular weight is 420 g/mol. The first-order valence-electron chi connectivity index (χ1n) is 9.15. The van der Waals surface area contributed by atoms with E-state index in [0.717, 1.165) is 9.13 Å². The summed E-state index contributed by atoms with van der Waals surface area (Å²) in [6.45, 7) is 0.163. The number of hydrogen-bond donors (Lipinski definition) is 5. The van der Waals surface area contributed by atoms with Gasteiger partial charge in [0.25, 0.3) is 22.9 Å². The maximum atomic E-state index is 12.0. The molecule has 2 rings (SSSR count). The molecule has 30 heavy (non-hydrogen) atoms. The zero-order chi connectivity index (χ0) is 22.4. The summed E-state index contributed by atoms with van der Waals surface area (Å²) in [6.07, 6.45) is 2.21. The molecule has 2 amide bonds. The lowest BCUT2D eigenvalue weighted by atomic mass is 10.1. The van der Waals surface area contributed by atoms with Crippen LogP contribution in [0.2, 0.25) is 0 Å². The minimum atomic E-state index is -0.847. The van der Waals surface area contributed by atoms with Crippen molar-refractivity contribution in [2.24, 2.45) is 14.1 Å². The molecule has 2 aromatic rings. The highest BCUT2D eigenvalue weighted by atomic mass is 16.3. The van der Waals surface area contributed by atoms with Crippen LogP contribution < -0.4 is 21.8 Å². The number of aliphatic hydroxyl groups excluding tert-OH is 1. The molecular weight excluding hydrogens is 396 g/mol. The Morgan fingerprint density at radius 1 is 0.867 bits per heavy atom. The molecule has 5 N–H and O–H groups in total. The second-order valence-corrected chi connectivity index (χ2v) is 6.73. The maximum absolute atomic E-state index is 12.0. The van der Waals surface area contributed by atoms with Gasteiger partial charge in [-0.2, -0.15) is 0 Å². The van der Waals surface area contributed by atoms with Crippen molar-refractivity contribution in [3.8, 4) is 11.5 Å². The van der Waals surface area contributed by atoms with Gasteiger partial charge in [-0.05, 0) is 25.0 Å². The van der Waals surface area contributed by atoms with E-state index in [0.29, 0.717) is 0 Å². The minimum Gasteiger partial charge on any atom is -0.502 e. The van der Waals surface area contributed by atoms with Crippen LogP contribution in [-0.4, -0.2) is 55.5 Å². The molecule has 0 unspecified atom stereocenters. The largest absolute Gasteiger partial charge is 0.502 e. The number of amides is 2. The first-order valence-corrected chi connectivity index (χ1v) is 9.15. The van der Waals surface area contributed by atoms with Crippen molar-refractivity contribution in [1.29, 1.82) is 0 Å². The first-order chi connectivity index (χ1) is 14.1. The number of aliphatic hydroxyl groups is 1. The fourth-order valence-corrected chi connectivity index (χ4v) is 2.64. The number of aryl methyl sites for hydroxylation is 2. The van der Waals surface area contributed by atoms with Crippen LogP contribution in [0.15, 0.2) is 34.1 Å². The highest BCUT2D eigenvalue weighted by Gasteiger charge is 2.16. The van der Waals surface area contributed by atoms with Crippen molar-refractivity contribution in [1.82, 2.24) is 19.8 Å². The lowest BCUT2D eigenvalue weighted by Gasteiger charge is -2.13. The molecular formula is C19H24N4O7. The number of carbonyl (C=O) groups excluding carboxylic acids is 2. The Morgan fingerprint density at radius 3 is 1.60 bits per heavy atom. The van der Waals surface area contributed by atoms with Crippen molar-refractivity contribution >= 4 is 11.8 Å². The van der Waals surface area contributed by atoms with E-state index in [1.54, 1.807) is 0 Å². The highest BCUT2D eigenvalue weighted by Crippen LogP contribution is 2.11. The van der Waals surface area contributed by atoms with Crippen LogP contribution in [0.4, 0.5) is 0 Å². The fourth-order valence-electron chi connectivity index (χ4n) is 2.64. The van der Waals surface area contributed by atoms with Gasteiger partial charge < -0.3 is 35.1 Å². The van der Waals surface area contributed by atoms with Crippen LogP contribution in [0.3, 0.4) is 0 Å². The number of nitrogens with one attached hydrogen (secondary N) is 2. The lowest BCUT2D eigenvalue weighted by molar-refractivity contribution is 0.0932. The molecule has 0 radical (unpaired) electrons. The third-order valence-electron chi connectivity index (χ3n) is 4.50. The molecule has 11 heteroatoms. The second kappa shape index (κ2) is 9.74. The third kappa shape index (κ3) is 5.26. The van der Waals surface area contributed by atoms with Gasteiger partial charge in [0.2, 0.25) is 0 Å². The number of rotatable bonds is 8. The predicted molar refractivity (Wildman–Crippen MR) is 107 cm³/mol. The minimum absolute atomic E-state index is 0.0815. The van der Waals surface area contributed by atoms with E-state index >= 15 is 0 Å². The van der Waals surface area contributed by atoms with E-state index in [4.69, 9.17) is 0 Å². The number of hydrogen-bond acceptors (Lipinski definition) is 7.